The second kappa shape index (κ2) is 5.15. The molecule has 0 radical (unpaired) electrons. The first-order chi connectivity index (χ1) is 8.08. The molecule has 2 aromatic carbocycles. The molecule has 0 aromatic heterocycles. The van der Waals surface area contributed by atoms with Crippen LogP contribution in [-0.4, -0.2) is 0 Å². The summed E-state index contributed by atoms with van der Waals surface area (Å²) in [6, 6.07) is 11.1. The first kappa shape index (κ1) is 12.5. The highest BCUT2D eigenvalue weighted by atomic mass is 79.9. The van der Waals surface area contributed by atoms with E-state index in [1.807, 2.05) is 24.3 Å². The van der Waals surface area contributed by atoms with E-state index in [1.165, 1.54) is 6.07 Å². The quantitative estimate of drug-likeness (QED) is 0.680. The van der Waals surface area contributed by atoms with Gasteiger partial charge in [-0.05, 0) is 35.4 Å². The Morgan fingerprint density at radius 2 is 1.65 bits per heavy atom. The lowest BCUT2D eigenvalue weighted by molar-refractivity contribution is 0.507. The summed E-state index contributed by atoms with van der Waals surface area (Å²) in [7, 11) is 0. The first-order valence-electron chi connectivity index (χ1n) is 4.92. The Balaban J connectivity index is 2.36. The largest absolute Gasteiger partial charge is 0.204 e. The SMILES string of the molecule is Fc1ccc(C(Cl)c2cccc(Br)c2)cc1F. The number of rotatable bonds is 2. The third kappa shape index (κ3) is 2.85. The Morgan fingerprint density at radius 1 is 0.941 bits per heavy atom. The van der Waals surface area contributed by atoms with Crippen LogP contribution in [0.2, 0.25) is 0 Å². The van der Waals surface area contributed by atoms with Gasteiger partial charge in [0.2, 0.25) is 0 Å². The lowest BCUT2D eigenvalue weighted by atomic mass is 10.0. The predicted octanol–water partition coefficient (Wildman–Crippen LogP) is 5.06. The second-order valence-electron chi connectivity index (χ2n) is 3.59. The minimum absolute atomic E-state index is 0.498. The molecule has 0 nitrogen and oxygen atoms in total. The highest BCUT2D eigenvalue weighted by Gasteiger charge is 2.13. The average Bonchev–Trinajstić information content (AvgIpc) is 2.32. The zero-order chi connectivity index (χ0) is 12.4. The summed E-state index contributed by atoms with van der Waals surface area (Å²) in [5.41, 5.74) is 1.36. The normalized spacial score (nSPS) is 12.5. The molecule has 4 heteroatoms. The zero-order valence-corrected chi connectivity index (χ0v) is 11.0. The van der Waals surface area contributed by atoms with Crippen molar-refractivity contribution in [1.29, 1.82) is 0 Å². The van der Waals surface area contributed by atoms with Gasteiger partial charge in [-0.3, -0.25) is 0 Å². The molecule has 0 spiro atoms. The van der Waals surface area contributed by atoms with Gasteiger partial charge in [0.05, 0.1) is 5.38 Å². The minimum atomic E-state index is -0.886. The van der Waals surface area contributed by atoms with E-state index >= 15 is 0 Å². The van der Waals surface area contributed by atoms with Crippen LogP contribution in [-0.2, 0) is 0 Å². The fraction of sp³-hybridized carbons (Fsp3) is 0.0769. The van der Waals surface area contributed by atoms with Crippen LogP contribution >= 0.6 is 27.5 Å². The fourth-order valence-corrected chi connectivity index (χ4v) is 2.22. The summed E-state index contributed by atoms with van der Waals surface area (Å²) in [5, 5.41) is -0.498. The van der Waals surface area contributed by atoms with E-state index in [0.29, 0.717) is 5.56 Å². The molecule has 0 saturated carbocycles. The molecule has 0 heterocycles. The highest BCUT2D eigenvalue weighted by Crippen LogP contribution is 2.30. The van der Waals surface area contributed by atoms with Crippen molar-refractivity contribution in [2.75, 3.05) is 0 Å². The van der Waals surface area contributed by atoms with Gasteiger partial charge in [0.15, 0.2) is 11.6 Å². The van der Waals surface area contributed by atoms with Crippen LogP contribution in [0.15, 0.2) is 46.9 Å². The fourth-order valence-electron chi connectivity index (χ4n) is 1.53. The van der Waals surface area contributed by atoms with Gasteiger partial charge in [0.1, 0.15) is 0 Å². The van der Waals surface area contributed by atoms with Gasteiger partial charge in [-0.25, -0.2) is 8.78 Å². The highest BCUT2D eigenvalue weighted by molar-refractivity contribution is 9.10. The van der Waals surface area contributed by atoms with E-state index in [1.54, 1.807) is 0 Å². The summed E-state index contributed by atoms with van der Waals surface area (Å²) in [6.07, 6.45) is 0. The van der Waals surface area contributed by atoms with E-state index in [-0.39, 0.29) is 0 Å². The topological polar surface area (TPSA) is 0 Å². The molecule has 0 bridgehead atoms. The molecule has 17 heavy (non-hydrogen) atoms. The molecule has 0 aliphatic carbocycles. The number of halogens is 4. The molecular weight excluding hydrogens is 309 g/mol. The monoisotopic (exact) mass is 316 g/mol. The molecule has 1 atom stereocenters. The molecule has 88 valence electrons. The first-order valence-corrected chi connectivity index (χ1v) is 6.15. The zero-order valence-electron chi connectivity index (χ0n) is 8.63. The van der Waals surface area contributed by atoms with Gasteiger partial charge in [-0.1, -0.05) is 34.1 Å². The number of hydrogen-bond donors (Lipinski definition) is 0. The van der Waals surface area contributed by atoms with E-state index in [4.69, 9.17) is 11.6 Å². The van der Waals surface area contributed by atoms with Crippen LogP contribution < -0.4 is 0 Å². The third-order valence-corrected chi connectivity index (χ3v) is 3.37. The van der Waals surface area contributed by atoms with Crippen LogP contribution in [0.1, 0.15) is 16.5 Å². The summed E-state index contributed by atoms with van der Waals surface area (Å²) in [5.74, 6) is -1.75. The Kier molecular flexibility index (Phi) is 3.79. The second-order valence-corrected chi connectivity index (χ2v) is 4.94. The summed E-state index contributed by atoms with van der Waals surface area (Å²) < 4.78 is 26.8. The maximum atomic E-state index is 13.1. The Morgan fingerprint density at radius 3 is 2.29 bits per heavy atom. The van der Waals surface area contributed by atoms with Crippen molar-refractivity contribution < 1.29 is 8.78 Å². The Labute approximate surface area is 111 Å². The Hall–Kier alpha value is -0.930. The Bertz CT molecular complexity index is 543. The smallest absolute Gasteiger partial charge is 0.159 e. The minimum Gasteiger partial charge on any atom is -0.204 e. The van der Waals surface area contributed by atoms with Crippen LogP contribution in [0, 0.1) is 11.6 Å². The van der Waals surface area contributed by atoms with Crippen molar-refractivity contribution in [3.05, 3.63) is 69.7 Å². The van der Waals surface area contributed by atoms with E-state index in [9.17, 15) is 8.78 Å². The van der Waals surface area contributed by atoms with Crippen LogP contribution in [0.25, 0.3) is 0 Å². The molecule has 0 N–H and O–H groups in total. The van der Waals surface area contributed by atoms with Crippen LogP contribution in [0.4, 0.5) is 8.78 Å². The van der Waals surface area contributed by atoms with Crippen molar-refractivity contribution in [2.24, 2.45) is 0 Å². The molecule has 0 fully saturated rings. The molecule has 0 amide bonds. The average molecular weight is 318 g/mol. The molecule has 2 aromatic rings. The van der Waals surface area contributed by atoms with E-state index < -0.39 is 17.0 Å². The maximum absolute atomic E-state index is 13.1. The van der Waals surface area contributed by atoms with Crippen molar-refractivity contribution in [3.8, 4) is 0 Å². The van der Waals surface area contributed by atoms with Crippen molar-refractivity contribution in [2.45, 2.75) is 5.38 Å². The molecule has 2 rings (SSSR count). The van der Waals surface area contributed by atoms with Gasteiger partial charge in [0.25, 0.3) is 0 Å². The molecule has 0 saturated heterocycles. The summed E-state index contributed by atoms with van der Waals surface area (Å²) in [6.45, 7) is 0. The third-order valence-electron chi connectivity index (χ3n) is 2.38. The van der Waals surface area contributed by atoms with Crippen molar-refractivity contribution in [3.63, 3.8) is 0 Å². The van der Waals surface area contributed by atoms with Crippen LogP contribution in [0.3, 0.4) is 0 Å². The van der Waals surface area contributed by atoms with E-state index in [0.717, 1.165) is 22.2 Å². The number of alkyl halides is 1. The van der Waals surface area contributed by atoms with Gasteiger partial charge >= 0.3 is 0 Å². The number of benzene rings is 2. The lowest BCUT2D eigenvalue weighted by Crippen LogP contribution is -1.95. The van der Waals surface area contributed by atoms with Crippen LogP contribution in [0.5, 0.6) is 0 Å². The van der Waals surface area contributed by atoms with Gasteiger partial charge in [-0.15, -0.1) is 11.6 Å². The predicted molar refractivity (Wildman–Crippen MR) is 68.2 cm³/mol. The molecular formula is C13H8BrClF2. The standard InChI is InChI=1S/C13H8BrClF2/c14-10-3-1-2-8(6-10)13(15)9-4-5-11(16)12(17)7-9/h1-7,13H. The molecule has 1 unspecified atom stereocenters. The summed E-state index contributed by atoms with van der Waals surface area (Å²) >= 11 is 9.55. The maximum Gasteiger partial charge on any atom is 0.159 e. The van der Waals surface area contributed by atoms with Gasteiger partial charge in [0, 0.05) is 4.47 Å². The molecule has 0 aliphatic heterocycles. The van der Waals surface area contributed by atoms with Gasteiger partial charge in [-0.2, -0.15) is 0 Å². The van der Waals surface area contributed by atoms with Crippen molar-refractivity contribution in [1.82, 2.24) is 0 Å². The van der Waals surface area contributed by atoms with Crippen molar-refractivity contribution >= 4 is 27.5 Å². The van der Waals surface area contributed by atoms with E-state index in [2.05, 4.69) is 15.9 Å². The summed E-state index contributed by atoms with van der Waals surface area (Å²) in [4.78, 5) is 0. The number of hydrogen-bond acceptors (Lipinski definition) is 0. The van der Waals surface area contributed by atoms with Gasteiger partial charge < -0.3 is 0 Å². The lowest BCUT2D eigenvalue weighted by Gasteiger charge is -2.11. The molecule has 0 aliphatic rings.